The Kier molecular flexibility index (Phi) is 12.4. The average molecular weight is 369 g/mol. The van der Waals surface area contributed by atoms with Gasteiger partial charge in [-0.3, -0.25) is 9.59 Å². The molecule has 0 radical (unpaired) electrons. The summed E-state index contributed by atoms with van der Waals surface area (Å²) in [5.74, 6) is 0.143. The van der Waals surface area contributed by atoms with Crippen LogP contribution in [0.15, 0.2) is 0 Å². The van der Waals surface area contributed by atoms with Crippen LogP contribution >= 0.6 is 0 Å². The molecule has 2 unspecified atom stereocenters. The van der Waals surface area contributed by atoms with Crippen molar-refractivity contribution in [3.05, 3.63) is 0 Å². The van der Waals surface area contributed by atoms with E-state index in [4.69, 9.17) is 9.47 Å². The molecule has 0 aliphatic heterocycles. The lowest BCUT2D eigenvalue weighted by atomic mass is 10.0. The van der Waals surface area contributed by atoms with Gasteiger partial charge in [-0.25, -0.2) is 0 Å². The van der Waals surface area contributed by atoms with Crippen LogP contribution in [0.4, 0.5) is 0 Å². The maximum atomic E-state index is 11.9. The number of ether oxygens (including phenoxy) is 2. The Morgan fingerprint density at radius 1 is 0.846 bits per heavy atom. The molecule has 0 bridgehead atoms. The lowest BCUT2D eigenvalue weighted by Crippen LogP contribution is -2.22. The van der Waals surface area contributed by atoms with Gasteiger partial charge in [-0.05, 0) is 51.9 Å². The predicted molar refractivity (Wildman–Crippen MR) is 105 cm³/mol. The minimum Gasteiger partial charge on any atom is -0.463 e. The van der Waals surface area contributed by atoms with Crippen molar-refractivity contribution in [2.45, 2.75) is 123 Å². The Labute approximate surface area is 160 Å². The van der Waals surface area contributed by atoms with Gasteiger partial charge >= 0.3 is 11.9 Å². The van der Waals surface area contributed by atoms with Crippen LogP contribution in [0.5, 0.6) is 0 Å². The number of hydrogen-bond donors (Lipinski definition) is 0. The van der Waals surface area contributed by atoms with Gasteiger partial charge < -0.3 is 9.47 Å². The van der Waals surface area contributed by atoms with Crippen LogP contribution in [-0.2, 0) is 19.1 Å². The number of carbonyl (C=O) groups is 2. The molecule has 0 aromatic carbocycles. The minimum atomic E-state index is -0.194. The van der Waals surface area contributed by atoms with E-state index in [0.717, 1.165) is 25.7 Å². The summed E-state index contributed by atoms with van der Waals surface area (Å²) in [6.07, 6.45) is 14.3. The first kappa shape index (κ1) is 23.0. The largest absolute Gasteiger partial charge is 0.463 e. The number of esters is 2. The summed E-state index contributed by atoms with van der Waals surface area (Å²) in [5.41, 5.74) is 0. The zero-order valence-electron chi connectivity index (χ0n) is 17.3. The monoisotopic (exact) mass is 368 g/mol. The second-order valence-corrected chi connectivity index (χ2v) is 7.95. The van der Waals surface area contributed by atoms with Crippen LogP contribution in [0.1, 0.15) is 111 Å². The number of hydrogen-bond acceptors (Lipinski definition) is 4. The third kappa shape index (κ3) is 10.8. The molecule has 0 amide bonds. The highest BCUT2D eigenvalue weighted by Crippen LogP contribution is 2.29. The summed E-state index contributed by atoms with van der Waals surface area (Å²) in [7, 11) is 0. The van der Waals surface area contributed by atoms with Crippen molar-refractivity contribution in [2.24, 2.45) is 5.92 Å². The summed E-state index contributed by atoms with van der Waals surface area (Å²) in [4.78, 5) is 23.8. The molecule has 1 fully saturated rings. The first-order valence-corrected chi connectivity index (χ1v) is 10.9. The second-order valence-electron chi connectivity index (χ2n) is 7.95. The first-order chi connectivity index (χ1) is 12.5. The van der Waals surface area contributed by atoms with E-state index in [9.17, 15) is 9.59 Å². The van der Waals surface area contributed by atoms with Crippen molar-refractivity contribution in [3.63, 3.8) is 0 Å². The van der Waals surface area contributed by atoms with Crippen LogP contribution in [-0.4, -0.2) is 24.1 Å². The third-order valence-electron chi connectivity index (χ3n) is 5.44. The quantitative estimate of drug-likeness (QED) is 0.280. The predicted octanol–water partition coefficient (Wildman–Crippen LogP) is 5.96. The van der Waals surface area contributed by atoms with Gasteiger partial charge in [-0.15, -0.1) is 0 Å². The van der Waals surface area contributed by atoms with Crippen LogP contribution < -0.4 is 0 Å². The molecule has 1 aliphatic carbocycles. The molecule has 4 nitrogen and oxygen atoms in total. The smallest absolute Gasteiger partial charge is 0.306 e. The van der Waals surface area contributed by atoms with E-state index in [1.165, 1.54) is 44.9 Å². The first-order valence-electron chi connectivity index (χ1n) is 10.9. The Balaban J connectivity index is 2.01. The summed E-state index contributed by atoms with van der Waals surface area (Å²) < 4.78 is 10.9. The fourth-order valence-electron chi connectivity index (χ4n) is 3.72. The molecule has 1 rings (SSSR count). The topological polar surface area (TPSA) is 52.6 Å². The van der Waals surface area contributed by atoms with Gasteiger partial charge in [0.1, 0.15) is 6.10 Å². The van der Waals surface area contributed by atoms with E-state index >= 15 is 0 Å². The van der Waals surface area contributed by atoms with E-state index in [-0.39, 0.29) is 24.1 Å². The van der Waals surface area contributed by atoms with Crippen molar-refractivity contribution in [1.82, 2.24) is 0 Å². The van der Waals surface area contributed by atoms with E-state index in [1.54, 1.807) is 0 Å². The molecule has 1 saturated carbocycles. The summed E-state index contributed by atoms with van der Waals surface area (Å²) in [5, 5.41) is 0. The van der Waals surface area contributed by atoms with Crippen molar-refractivity contribution in [1.29, 1.82) is 0 Å². The zero-order valence-corrected chi connectivity index (χ0v) is 17.3. The lowest BCUT2D eigenvalue weighted by Gasteiger charge is -2.19. The number of rotatable bonds is 14. The van der Waals surface area contributed by atoms with Gasteiger partial charge in [-0.2, -0.15) is 0 Å². The molecule has 4 heteroatoms. The number of carbonyl (C=O) groups excluding carboxylic acids is 2. The van der Waals surface area contributed by atoms with Crippen molar-refractivity contribution >= 4 is 11.9 Å². The minimum absolute atomic E-state index is 0.00861. The Morgan fingerprint density at radius 2 is 1.42 bits per heavy atom. The van der Waals surface area contributed by atoms with Gasteiger partial charge in [0.05, 0.1) is 6.10 Å². The SMILES string of the molecule is CCCCCCCCC(C)OC(=O)CCCC(=O)OC(C)C1CCCC1. The Hall–Kier alpha value is -1.06. The number of unbranched alkanes of at least 4 members (excludes halogenated alkanes) is 5. The fourth-order valence-corrected chi connectivity index (χ4v) is 3.72. The molecular formula is C22H40O4. The van der Waals surface area contributed by atoms with Crippen LogP contribution in [0, 0.1) is 5.92 Å². The van der Waals surface area contributed by atoms with E-state index in [2.05, 4.69) is 6.92 Å². The van der Waals surface area contributed by atoms with Crippen molar-refractivity contribution < 1.29 is 19.1 Å². The molecule has 152 valence electrons. The molecule has 26 heavy (non-hydrogen) atoms. The molecule has 0 N–H and O–H groups in total. The van der Waals surface area contributed by atoms with E-state index in [0.29, 0.717) is 25.2 Å². The van der Waals surface area contributed by atoms with Crippen LogP contribution in [0.25, 0.3) is 0 Å². The van der Waals surface area contributed by atoms with E-state index < -0.39 is 0 Å². The second kappa shape index (κ2) is 14.1. The Bertz CT molecular complexity index is 388. The highest BCUT2D eigenvalue weighted by molar-refractivity contribution is 5.72. The fraction of sp³-hybridized carbons (Fsp3) is 0.909. The van der Waals surface area contributed by atoms with E-state index in [1.807, 2.05) is 13.8 Å². The Morgan fingerprint density at radius 3 is 2.08 bits per heavy atom. The summed E-state index contributed by atoms with van der Waals surface area (Å²) in [6, 6.07) is 0. The van der Waals surface area contributed by atoms with Crippen LogP contribution in [0.3, 0.4) is 0 Å². The zero-order chi connectivity index (χ0) is 19.2. The maximum absolute atomic E-state index is 11.9. The molecule has 1 aliphatic rings. The van der Waals surface area contributed by atoms with Gasteiger partial charge in [0.25, 0.3) is 0 Å². The van der Waals surface area contributed by atoms with Gasteiger partial charge in [0.2, 0.25) is 0 Å². The van der Waals surface area contributed by atoms with Gasteiger partial charge in [0.15, 0.2) is 0 Å². The third-order valence-corrected chi connectivity index (χ3v) is 5.44. The summed E-state index contributed by atoms with van der Waals surface area (Å²) >= 11 is 0. The van der Waals surface area contributed by atoms with Gasteiger partial charge in [0, 0.05) is 12.8 Å². The van der Waals surface area contributed by atoms with Crippen LogP contribution in [0.2, 0.25) is 0 Å². The molecule has 0 saturated heterocycles. The molecule has 0 aromatic heterocycles. The molecule has 0 heterocycles. The van der Waals surface area contributed by atoms with Gasteiger partial charge in [-0.1, -0.05) is 51.9 Å². The normalized spacial score (nSPS) is 17.0. The van der Waals surface area contributed by atoms with Crippen molar-refractivity contribution in [2.75, 3.05) is 0 Å². The molecule has 2 atom stereocenters. The molecular weight excluding hydrogens is 328 g/mol. The lowest BCUT2D eigenvalue weighted by molar-refractivity contribution is -0.151. The highest BCUT2D eigenvalue weighted by atomic mass is 16.5. The highest BCUT2D eigenvalue weighted by Gasteiger charge is 2.24. The standard InChI is InChI=1S/C22H40O4/c1-4-5-6-7-8-9-13-18(2)25-21(23)16-12-17-22(24)26-19(3)20-14-10-11-15-20/h18-20H,4-17H2,1-3H3. The summed E-state index contributed by atoms with van der Waals surface area (Å²) in [6.45, 7) is 6.17. The average Bonchev–Trinajstić information content (AvgIpc) is 3.12. The maximum Gasteiger partial charge on any atom is 0.306 e. The molecule has 0 spiro atoms. The molecule has 0 aromatic rings. The van der Waals surface area contributed by atoms with Crippen molar-refractivity contribution in [3.8, 4) is 0 Å².